The lowest BCUT2D eigenvalue weighted by Gasteiger charge is -2.41. The lowest BCUT2D eigenvalue weighted by atomic mass is 9.89. The molecule has 2 saturated carbocycles. The van der Waals surface area contributed by atoms with E-state index in [1.165, 1.54) is 12.8 Å². The normalized spacial score (nSPS) is 19.3. The van der Waals surface area contributed by atoms with Crippen LogP contribution >= 0.6 is 11.3 Å². The summed E-state index contributed by atoms with van der Waals surface area (Å²) in [5.74, 6) is -2.40. The summed E-state index contributed by atoms with van der Waals surface area (Å²) >= 11 is 0.800. The van der Waals surface area contributed by atoms with Gasteiger partial charge in [-0.15, -0.1) is 0 Å². The summed E-state index contributed by atoms with van der Waals surface area (Å²) in [6.07, 6.45) is 12.0. The van der Waals surface area contributed by atoms with Crippen molar-refractivity contribution in [2.75, 3.05) is 11.1 Å². The number of sulfone groups is 1. The third-order valence-electron chi connectivity index (χ3n) is 5.49. The number of amides is 2. The number of carboxylic acids is 1. The average Bonchev–Trinajstić information content (AvgIpc) is 3.12. The van der Waals surface area contributed by atoms with Gasteiger partial charge in [-0.2, -0.15) is 0 Å². The predicted molar refractivity (Wildman–Crippen MR) is 106 cm³/mol. The molecule has 1 aromatic heterocycles. The fourth-order valence-electron chi connectivity index (χ4n) is 4.20. The van der Waals surface area contributed by atoms with E-state index in [9.17, 15) is 18.0 Å². The van der Waals surface area contributed by atoms with Crippen molar-refractivity contribution in [2.45, 2.75) is 80.5 Å². The van der Waals surface area contributed by atoms with Crippen LogP contribution in [0, 0.1) is 0 Å². The number of carbonyl (C=O) groups is 2. The Bertz CT molecular complexity index is 778. The topological polar surface area (TPSA) is 117 Å². The number of carbonyl (C=O) groups excluding carboxylic acids is 1. The first-order chi connectivity index (χ1) is 13.4. The minimum absolute atomic E-state index is 0.146. The molecule has 1 aromatic rings. The van der Waals surface area contributed by atoms with Crippen LogP contribution < -0.4 is 5.32 Å². The van der Waals surface area contributed by atoms with E-state index in [1.54, 1.807) is 0 Å². The molecule has 0 aliphatic heterocycles. The number of nitrogens with zero attached hydrogens (tertiary/aromatic N) is 2. The van der Waals surface area contributed by atoms with Crippen molar-refractivity contribution in [3.63, 3.8) is 0 Å². The third-order valence-corrected chi connectivity index (χ3v) is 8.55. The molecule has 8 nitrogen and oxygen atoms in total. The lowest BCUT2D eigenvalue weighted by molar-refractivity contribution is -0.134. The van der Waals surface area contributed by atoms with E-state index in [0.717, 1.165) is 68.9 Å². The molecule has 10 heteroatoms. The number of urea groups is 1. The van der Waals surface area contributed by atoms with Gasteiger partial charge in [-0.25, -0.2) is 18.2 Å². The van der Waals surface area contributed by atoms with Gasteiger partial charge in [0.1, 0.15) is 4.21 Å². The average molecular weight is 430 g/mol. The lowest BCUT2D eigenvalue weighted by Crippen LogP contribution is -2.50. The number of hydrogen-bond donors (Lipinski definition) is 2. The van der Waals surface area contributed by atoms with E-state index in [1.807, 2.05) is 4.90 Å². The molecule has 0 radical (unpaired) electrons. The van der Waals surface area contributed by atoms with Gasteiger partial charge in [0.05, 0.1) is 6.20 Å². The Morgan fingerprint density at radius 3 is 2.11 bits per heavy atom. The first-order valence-electron chi connectivity index (χ1n) is 9.86. The summed E-state index contributed by atoms with van der Waals surface area (Å²) < 4.78 is 23.9. The molecule has 0 saturated heterocycles. The van der Waals surface area contributed by atoms with Gasteiger partial charge in [-0.05, 0) is 25.7 Å². The van der Waals surface area contributed by atoms with Crippen LogP contribution in [0.1, 0.15) is 64.2 Å². The Morgan fingerprint density at radius 2 is 1.61 bits per heavy atom. The SMILES string of the molecule is O=C(O)CS(=O)(=O)c1cnc(NC(=O)N(C2CCCCC2)C2CCCCC2)s1. The number of rotatable bonds is 6. The van der Waals surface area contributed by atoms with Crippen LogP contribution in [0.3, 0.4) is 0 Å². The number of nitrogens with one attached hydrogen (secondary N) is 1. The summed E-state index contributed by atoms with van der Waals surface area (Å²) in [5.41, 5.74) is 0. The fraction of sp³-hybridized carbons (Fsp3) is 0.722. The van der Waals surface area contributed by atoms with Crippen LogP contribution in [0.4, 0.5) is 9.93 Å². The van der Waals surface area contributed by atoms with E-state index in [4.69, 9.17) is 5.11 Å². The minimum atomic E-state index is -3.94. The van der Waals surface area contributed by atoms with Crippen molar-refractivity contribution in [3.05, 3.63) is 6.20 Å². The monoisotopic (exact) mass is 429 g/mol. The van der Waals surface area contributed by atoms with Gasteiger partial charge in [0, 0.05) is 12.1 Å². The van der Waals surface area contributed by atoms with Crippen molar-refractivity contribution in [1.29, 1.82) is 0 Å². The van der Waals surface area contributed by atoms with E-state index in [2.05, 4.69) is 10.3 Å². The van der Waals surface area contributed by atoms with Crippen LogP contribution in [0.5, 0.6) is 0 Å². The Labute approximate surface area is 169 Å². The molecule has 2 aliphatic carbocycles. The Hall–Kier alpha value is -1.68. The molecule has 0 atom stereocenters. The molecule has 2 fully saturated rings. The summed E-state index contributed by atoms with van der Waals surface area (Å²) in [6.45, 7) is 0. The van der Waals surface area contributed by atoms with Gasteiger partial charge in [0.2, 0.25) is 0 Å². The number of carboxylic acid groups (broad SMARTS) is 1. The highest BCUT2D eigenvalue weighted by atomic mass is 32.2. The van der Waals surface area contributed by atoms with Crippen molar-refractivity contribution in [3.8, 4) is 0 Å². The predicted octanol–water partition coefficient (Wildman–Crippen LogP) is 3.50. The zero-order valence-electron chi connectivity index (χ0n) is 15.8. The number of aromatic nitrogens is 1. The molecule has 0 aromatic carbocycles. The second-order valence-electron chi connectivity index (χ2n) is 7.56. The molecule has 1 heterocycles. The second-order valence-corrected chi connectivity index (χ2v) is 10.8. The number of hydrogen-bond acceptors (Lipinski definition) is 6. The highest BCUT2D eigenvalue weighted by Gasteiger charge is 2.33. The van der Waals surface area contributed by atoms with Gasteiger partial charge in [-0.1, -0.05) is 49.9 Å². The van der Waals surface area contributed by atoms with E-state index in [0.29, 0.717) is 0 Å². The van der Waals surface area contributed by atoms with Gasteiger partial charge in [0.25, 0.3) is 0 Å². The molecule has 156 valence electrons. The molecule has 0 spiro atoms. The Balaban J connectivity index is 1.73. The van der Waals surface area contributed by atoms with E-state index >= 15 is 0 Å². The Kier molecular flexibility index (Phi) is 6.92. The summed E-state index contributed by atoms with van der Waals surface area (Å²) in [4.78, 5) is 29.8. The first kappa shape index (κ1) is 21.0. The minimum Gasteiger partial charge on any atom is -0.480 e. The molecule has 2 aliphatic rings. The van der Waals surface area contributed by atoms with Crippen LogP contribution in [-0.4, -0.2) is 53.2 Å². The maximum absolute atomic E-state index is 13.1. The van der Waals surface area contributed by atoms with Crippen molar-refractivity contribution >= 4 is 38.3 Å². The molecular weight excluding hydrogens is 402 g/mol. The molecule has 0 unspecified atom stereocenters. The van der Waals surface area contributed by atoms with Crippen LogP contribution in [0.25, 0.3) is 0 Å². The largest absolute Gasteiger partial charge is 0.480 e. The van der Waals surface area contributed by atoms with E-state index < -0.39 is 21.6 Å². The summed E-state index contributed by atoms with van der Waals surface area (Å²) in [6, 6.07) is 0.203. The highest BCUT2D eigenvalue weighted by Crippen LogP contribution is 2.31. The molecule has 2 amide bonds. The summed E-state index contributed by atoms with van der Waals surface area (Å²) in [7, 11) is -3.94. The number of thiazole rings is 1. The molecule has 28 heavy (non-hydrogen) atoms. The fourth-order valence-corrected chi connectivity index (χ4v) is 6.34. The van der Waals surface area contributed by atoms with Gasteiger partial charge < -0.3 is 10.0 Å². The quantitative estimate of drug-likeness (QED) is 0.715. The standard InChI is InChI=1S/C18H27N3O5S2/c22-15(23)12-28(25,26)16-11-19-17(27-16)20-18(24)21(13-7-3-1-4-8-13)14-9-5-2-6-10-14/h11,13-14H,1-10,12H2,(H,22,23)(H,19,20,24). The molecule has 0 bridgehead atoms. The van der Waals surface area contributed by atoms with Crippen molar-refractivity contribution in [1.82, 2.24) is 9.88 Å². The van der Waals surface area contributed by atoms with Gasteiger partial charge >= 0.3 is 12.0 Å². The van der Waals surface area contributed by atoms with E-state index in [-0.39, 0.29) is 27.5 Å². The van der Waals surface area contributed by atoms with Crippen LogP contribution in [0.2, 0.25) is 0 Å². The maximum Gasteiger partial charge on any atom is 0.324 e. The van der Waals surface area contributed by atoms with Crippen LogP contribution in [-0.2, 0) is 14.6 Å². The molecule has 3 rings (SSSR count). The number of aliphatic carboxylic acids is 1. The first-order valence-corrected chi connectivity index (χ1v) is 12.3. The zero-order chi connectivity index (χ0) is 20.1. The highest BCUT2D eigenvalue weighted by molar-refractivity contribution is 7.94. The van der Waals surface area contributed by atoms with Crippen molar-refractivity contribution < 1.29 is 23.1 Å². The molecule has 2 N–H and O–H groups in total. The Morgan fingerprint density at radius 1 is 1.07 bits per heavy atom. The van der Waals surface area contributed by atoms with Gasteiger partial charge in [-0.3, -0.25) is 10.1 Å². The summed E-state index contributed by atoms with van der Waals surface area (Å²) in [5, 5.41) is 11.7. The van der Waals surface area contributed by atoms with Gasteiger partial charge in [0.15, 0.2) is 20.7 Å². The zero-order valence-corrected chi connectivity index (χ0v) is 17.4. The van der Waals surface area contributed by atoms with Crippen molar-refractivity contribution in [2.24, 2.45) is 0 Å². The second kappa shape index (κ2) is 9.21. The van der Waals surface area contributed by atoms with Crippen LogP contribution in [0.15, 0.2) is 10.4 Å². The number of anilines is 1. The smallest absolute Gasteiger partial charge is 0.324 e. The third kappa shape index (κ3) is 5.22. The maximum atomic E-state index is 13.1. The molecular formula is C18H27N3O5S2.